The van der Waals surface area contributed by atoms with Crippen LogP contribution in [0.5, 0.6) is 0 Å². The van der Waals surface area contributed by atoms with E-state index in [2.05, 4.69) is 60.0 Å². The van der Waals surface area contributed by atoms with Crippen molar-refractivity contribution in [2.24, 2.45) is 0 Å². The minimum Gasteiger partial charge on any atom is -0.294 e. The molecule has 3 heteroatoms. The SMILES string of the molecule is CCc1ccc(CN(C)[C@@H](C)c2ccncn2)cc1. The van der Waals surface area contributed by atoms with Crippen molar-refractivity contribution in [2.75, 3.05) is 7.05 Å². The molecule has 0 bridgehead atoms. The normalized spacial score (nSPS) is 12.6. The Hall–Kier alpha value is -1.74. The first-order chi connectivity index (χ1) is 9.20. The number of nitrogens with zero attached hydrogens (tertiary/aromatic N) is 3. The summed E-state index contributed by atoms with van der Waals surface area (Å²) in [4.78, 5) is 10.6. The van der Waals surface area contributed by atoms with E-state index in [-0.39, 0.29) is 6.04 Å². The Bertz CT molecular complexity index is 493. The lowest BCUT2D eigenvalue weighted by molar-refractivity contribution is 0.248. The molecule has 0 aliphatic carbocycles. The molecule has 3 nitrogen and oxygen atoms in total. The summed E-state index contributed by atoms with van der Waals surface area (Å²) >= 11 is 0. The average molecular weight is 255 g/mol. The maximum atomic E-state index is 4.32. The molecule has 100 valence electrons. The van der Waals surface area contributed by atoms with E-state index in [1.54, 1.807) is 12.5 Å². The van der Waals surface area contributed by atoms with Crippen LogP contribution in [0.1, 0.15) is 36.7 Å². The van der Waals surface area contributed by atoms with Crippen LogP contribution in [0.4, 0.5) is 0 Å². The summed E-state index contributed by atoms with van der Waals surface area (Å²) in [6.45, 7) is 5.27. The molecule has 0 aliphatic heterocycles. The molecule has 2 rings (SSSR count). The number of hydrogen-bond acceptors (Lipinski definition) is 3. The minimum atomic E-state index is 0.286. The largest absolute Gasteiger partial charge is 0.294 e. The summed E-state index contributed by atoms with van der Waals surface area (Å²) in [6.07, 6.45) is 4.49. The van der Waals surface area contributed by atoms with Crippen LogP contribution < -0.4 is 0 Å². The fourth-order valence-electron chi connectivity index (χ4n) is 2.08. The molecule has 0 N–H and O–H groups in total. The van der Waals surface area contributed by atoms with Gasteiger partial charge in [0.25, 0.3) is 0 Å². The van der Waals surface area contributed by atoms with E-state index in [0.717, 1.165) is 18.7 Å². The van der Waals surface area contributed by atoms with Gasteiger partial charge in [0.05, 0.1) is 5.69 Å². The van der Waals surface area contributed by atoms with Gasteiger partial charge in [-0.25, -0.2) is 9.97 Å². The minimum absolute atomic E-state index is 0.286. The van der Waals surface area contributed by atoms with Crippen molar-refractivity contribution in [3.8, 4) is 0 Å². The average Bonchev–Trinajstić information content (AvgIpc) is 2.48. The maximum Gasteiger partial charge on any atom is 0.115 e. The fourth-order valence-corrected chi connectivity index (χ4v) is 2.08. The Morgan fingerprint density at radius 1 is 1.11 bits per heavy atom. The highest BCUT2D eigenvalue weighted by Gasteiger charge is 2.12. The van der Waals surface area contributed by atoms with Crippen LogP contribution in [0, 0.1) is 0 Å². The molecule has 0 aliphatic rings. The highest BCUT2D eigenvalue weighted by molar-refractivity contribution is 5.22. The van der Waals surface area contributed by atoms with Crippen molar-refractivity contribution in [1.82, 2.24) is 14.9 Å². The second kappa shape index (κ2) is 6.43. The zero-order valence-corrected chi connectivity index (χ0v) is 11.9. The monoisotopic (exact) mass is 255 g/mol. The molecular formula is C16H21N3. The van der Waals surface area contributed by atoms with Gasteiger partial charge in [-0.2, -0.15) is 0 Å². The van der Waals surface area contributed by atoms with E-state index in [0.29, 0.717) is 0 Å². The third kappa shape index (κ3) is 3.61. The lowest BCUT2D eigenvalue weighted by Crippen LogP contribution is -2.22. The van der Waals surface area contributed by atoms with Gasteiger partial charge in [-0.05, 0) is 37.6 Å². The molecule has 0 radical (unpaired) electrons. The molecule has 1 aromatic heterocycles. The van der Waals surface area contributed by atoms with Crippen LogP contribution in [0.2, 0.25) is 0 Å². The molecule has 0 unspecified atom stereocenters. The smallest absolute Gasteiger partial charge is 0.115 e. The molecule has 1 atom stereocenters. The van der Waals surface area contributed by atoms with Crippen LogP contribution in [0.15, 0.2) is 42.9 Å². The Labute approximate surface area is 115 Å². The van der Waals surface area contributed by atoms with Crippen LogP contribution in [-0.2, 0) is 13.0 Å². The van der Waals surface area contributed by atoms with Gasteiger partial charge < -0.3 is 0 Å². The van der Waals surface area contributed by atoms with E-state index in [1.165, 1.54) is 11.1 Å². The van der Waals surface area contributed by atoms with Crippen molar-refractivity contribution in [3.63, 3.8) is 0 Å². The van der Waals surface area contributed by atoms with Gasteiger partial charge in [0.15, 0.2) is 0 Å². The topological polar surface area (TPSA) is 29.0 Å². The first kappa shape index (κ1) is 13.7. The van der Waals surface area contributed by atoms with Crippen molar-refractivity contribution >= 4 is 0 Å². The van der Waals surface area contributed by atoms with Gasteiger partial charge in [-0.3, -0.25) is 4.90 Å². The summed E-state index contributed by atoms with van der Waals surface area (Å²) in [5, 5.41) is 0. The van der Waals surface area contributed by atoms with E-state index in [1.807, 2.05) is 6.07 Å². The second-order valence-corrected chi connectivity index (χ2v) is 4.90. The van der Waals surface area contributed by atoms with E-state index < -0.39 is 0 Å². The van der Waals surface area contributed by atoms with Gasteiger partial charge in [-0.15, -0.1) is 0 Å². The second-order valence-electron chi connectivity index (χ2n) is 4.90. The van der Waals surface area contributed by atoms with Crippen molar-refractivity contribution in [2.45, 2.75) is 32.9 Å². The fraction of sp³-hybridized carbons (Fsp3) is 0.375. The Kier molecular flexibility index (Phi) is 4.63. The Morgan fingerprint density at radius 3 is 2.37 bits per heavy atom. The Balaban J connectivity index is 2.01. The van der Waals surface area contributed by atoms with E-state index in [4.69, 9.17) is 0 Å². The summed E-state index contributed by atoms with van der Waals surface area (Å²) < 4.78 is 0. The molecule has 0 amide bonds. The predicted molar refractivity (Wildman–Crippen MR) is 77.7 cm³/mol. The van der Waals surface area contributed by atoms with Crippen LogP contribution in [-0.4, -0.2) is 21.9 Å². The third-order valence-electron chi connectivity index (χ3n) is 3.56. The molecule has 2 aromatic rings. The first-order valence-corrected chi connectivity index (χ1v) is 6.74. The van der Waals surface area contributed by atoms with Crippen LogP contribution >= 0.6 is 0 Å². The van der Waals surface area contributed by atoms with Gasteiger partial charge in [0.1, 0.15) is 6.33 Å². The molecule has 0 spiro atoms. The van der Waals surface area contributed by atoms with Crippen molar-refractivity contribution in [3.05, 3.63) is 59.7 Å². The standard InChI is InChI=1S/C16H21N3/c1-4-14-5-7-15(8-6-14)11-19(3)13(2)16-9-10-17-12-18-16/h5-10,12-13H,4,11H2,1-3H3/t13-/m0/s1. The third-order valence-corrected chi connectivity index (χ3v) is 3.56. The van der Waals surface area contributed by atoms with Gasteiger partial charge >= 0.3 is 0 Å². The summed E-state index contributed by atoms with van der Waals surface area (Å²) in [5.41, 5.74) is 3.78. The zero-order chi connectivity index (χ0) is 13.7. The highest BCUT2D eigenvalue weighted by Crippen LogP contribution is 2.18. The lowest BCUT2D eigenvalue weighted by atomic mass is 10.1. The van der Waals surface area contributed by atoms with Gasteiger partial charge in [-0.1, -0.05) is 31.2 Å². The molecule has 1 aromatic carbocycles. The molecule has 1 heterocycles. The number of hydrogen-bond donors (Lipinski definition) is 0. The van der Waals surface area contributed by atoms with Gasteiger partial charge in [0.2, 0.25) is 0 Å². The predicted octanol–water partition coefficient (Wildman–Crippen LogP) is 3.23. The zero-order valence-electron chi connectivity index (χ0n) is 11.9. The Morgan fingerprint density at radius 2 is 1.79 bits per heavy atom. The molecule has 0 saturated carbocycles. The number of rotatable bonds is 5. The van der Waals surface area contributed by atoms with Crippen molar-refractivity contribution in [1.29, 1.82) is 0 Å². The van der Waals surface area contributed by atoms with Gasteiger partial charge in [0, 0.05) is 18.8 Å². The molecule has 0 saturated heterocycles. The van der Waals surface area contributed by atoms with E-state index >= 15 is 0 Å². The molecule has 19 heavy (non-hydrogen) atoms. The van der Waals surface area contributed by atoms with Crippen molar-refractivity contribution < 1.29 is 0 Å². The number of aryl methyl sites for hydroxylation is 1. The van der Waals surface area contributed by atoms with E-state index in [9.17, 15) is 0 Å². The van der Waals surface area contributed by atoms with Crippen LogP contribution in [0.25, 0.3) is 0 Å². The maximum absolute atomic E-state index is 4.32. The highest BCUT2D eigenvalue weighted by atomic mass is 15.1. The summed E-state index contributed by atoms with van der Waals surface area (Å²) in [7, 11) is 2.13. The quantitative estimate of drug-likeness (QED) is 0.821. The summed E-state index contributed by atoms with van der Waals surface area (Å²) in [5.74, 6) is 0. The number of benzene rings is 1. The first-order valence-electron chi connectivity index (χ1n) is 6.74. The lowest BCUT2D eigenvalue weighted by Gasteiger charge is -2.24. The molecule has 0 fully saturated rings. The summed E-state index contributed by atoms with van der Waals surface area (Å²) in [6, 6.07) is 11.1. The number of aromatic nitrogens is 2. The molecular weight excluding hydrogens is 234 g/mol. The van der Waals surface area contributed by atoms with Crippen LogP contribution in [0.3, 0.4) is 0 Å².